The number of ether oxygens (including phenoxy) is 2. The third-order valence-corrected chi connectivity index (χ3v) is 9.64. The van der Waals surface area contributed by atoms with E-state index in [-0.39, 0.29) is 17.9 Å². The molecule has 0 saturated carbocycles. The maximum atomic E-state index is 15.6. The molecule has 4 heterocycles. The van der Waals surface area contributed by atoms with Crippen molar-refractivity contribution in [1.82, 2.24) is 24.8 Å². The Kier molecular flexibility index (Phi) is 9.15. The van der Waals surface area contributed by atoms with Crippen molar-refractivity contribution in [2.75, 3.05) is 56.2 Å². The first kappa shape index (κ1) is 33.4. The lowest BCUT2D eigenvalue weighted by Gasteiger charge is -2.55. The summed E-state index contributed by atoms with van der Waals surface area (Å²) < 4.78 is 27.2. The van der Waals surface area contributed by atoms with Gasteiger partial charge in [-0.2, -0.15) is 10.2 Å². The Morgan fingerprint density at radius 1 is 1.10 bits per heavy atom. The number of amides is 1. The molecule has 1 unspecified atom stereocenters. The van der Waals surface area contributed by atoms with Crippen molar-refractivity contribution in [1.29, 1.82) is 5.26 Å². The van der Waals surface area contributed by atoms with Crippen LogP contribution in [0.5, 0.6) is 5.75 Å². The second-order valence-corrected chi connectivity index (χ2v) is 14.4. The molecule has 13 heteroatoms. The van der Waals surface area contributed by atoms with Crippen LogP contribution in [0, 0.1) is 22.2 Å². The van der Waals surface area contributed by atoms with E-state index in [1.54, 1.807) is 18.2 Å². The molecule has 0 spiro atoms. The lowest BCUT2D eigenvalue weighted by atomic mass is 9.64. The number of likely N-dealkylation sites (tertiary alicyclic amines) is 1. The predicted molar refractivity (Wildman–Crippen MR) is 179 cm³/mol. The first-order chi connectivity index (χ1) is 22.8. The summed E-state index contributed by atoms with van der Waals surface area (Å²) in [7, 11) is 0. The first-order valence-electron chi connectivity index (χ1n) is 16.3. The van der Waals surface area contributed by atoms with Gasteiger partial charge in [-0.1, -0.05) is 34.6 Å². The van der Waals surface area contributed by atoms with E-state index in [1.807, 2.05) is 46.8 Å². The lowest BCUT2D eigenvalue weighted by molar-refractivity contribution is -0.120. The number of piperazine rings is 1. The number of halogens is 1. The quantitative estimate of drug-likeness (QED) is 0.347. The van der Waals surface area contributed by atoms with Gasteiger partial charge in [0.25, 0.3) is 0 Å². The molecule has 3 atom stereocenters. The minimum atomic E-state index is -1.59. The third kappa shape index (κ3) is 6.73. The molecule has 48 heavy (non-hydrogen) atoms. The number of carbonyl (C=O) groups is 1. The zero-order valence-electron chi connectivity index (χ0n) is 28.1. The lowest BCUT2D eigenvalue weighted by Crippen LogP contribution is -2.67. The van der Waals surface area contributed by atoms with Gasteiger partial charge in [0, 0.05) is 54.6 Å². The fraction of sp³-hybridized carbons (Fsp3) is 0.514. The molecule has 0 radical (unpaired) electrons. The fourth-order valence-electron chi connectivity index (χ4n) is 7.57. The van der Waals surface area contributed by atoms with Crippen LogP contribution in [-0.4, -0.2) is 106 Å². The highest BCUT2D eigenvalue weighted by atomic mass is 19.1. The van der Waals surface area contributed by atoms with Crippen molar-refractivity contribution < 1.29 is 23.8 Å². The molecule has 0 bridgehead atoms. The van der Waals surface area contributed by atoms with Gasteiger partial charge < -0.3 is 29.7 Å². The molecule has 1 amide bonds. The summed E-state index contributed by atoms with van der Waals surface area (Å²) in [5.41, 5.74) is 1.35. The number of nitriles is 1. The maximum absolute atomic E-state index is 15.6. The summed E-state index contributed by atoms with van der Waals surface area (Å²) in [6.07, 6.45) is -2.34. The van der Waals surface area contributed by atoms with Crippen LogP contribution in [0.4, 0.5) is 26.5 Å². The molecule has 12 nitrogen and oxygen atoms in total. The number of anilines is 3. The van der Waals surface area contributed by atoms with E-state index in [9.17, 15) is 15.2 Å². The van der Waals surface area contributed by atoms with Crippen LogP contribution in [0.3, 0.4) is 0 Å². The number of benzene rings is 2. The molecule has 3 aromatic rings. The second kappa shape index (κ2) is 13.2. The van der Waals surface area contributed by atoms with Gasteiger partial charge in [-0.05, 0) is 47.9 Å². The van der Waals surface area contributed by atoms with E-state index >= 15 is 4.39 Å². The van der Waals surface area contributed by atoms with Crippen molar-refractivity contribution in [3.63, 3.8) is 0 Å². The van der Waals surface area contributed by atoms with Gasteiger partial charge in [-0.3, -0.25) is 4.90 Å². The van der Waals surface area contributed by atoms with E-state index in [2.05, 4.69) is 48.3 Å². The topological polar surface area (TPSA) is 140 Å². The molecular weight excluding hydrogens is 615 g/mol. The Labute approximate surface area is 280 Å². The van der Waals surface area contributed by atoms with Gasteiger partial charge in [0.05, 0.1) is 31.4 Å². The predicted octanol–water partition coefficient (Wildman–Crippen LogP) is 5.19. The summed E-state index contributed by atoms with van der Waals surface area (Å²) in [5.74, 6) is 0.917. The Morgan fingerprint density at radius 2 is 1.81 bits per heavy atom. The summed E-state index contributed by atoms with van der Waals surface area (Å²) in [4.78, 5) is 31.3. The van der Waals surface area contributed by atoms with Crippen LogP contribution in [0.25, 0.3) is 11.4 Å². The summed E-state index contributed by atoms with van der Waals surface area (Å²) in [6.45, 7) is 14.8. The van der Waals surface area contributed by atoms with Gasteiger partial charge >= 0.3 is 6.09 Å². The zero-order valence-corrected chi connectivity index (χ0v) is 28.1. The van der Waals surface area contributed by atoms with Crippen molar-refractivity contribution in [3.8, 4) is 23.2 Å². The van der Waals surface area contributed by atoms with Crippen molar-refractivity contribution in [2.24, 2.45) is 10.8 Å². The minimum absolute atomic E-state index is 0.191. The molecule has 3 aliphatic heterocycles. The van der Waals surface area contributed by atoms with Gasteiger partial charge in [0.15, 0.2) is 12.0 Å². The minimum Gasteiger partial charge on any atom is -0.485 e. The second-order valence-electron chi connectivity index (χ2n) is 14.4. The normalized spacial score (nSPS) is 23.2. The van der Waals surface area contributed by atoms with E-state index in [4.69, 9.17) is 9.47 Å². The number of alkyl halides is 1. The SMILES string of the molecule is CC(C)(C)C1N(C(=O)O)C[C@@H](F)[C@@H](Oc2ccc(-c3ncnc(Nc4ccc(N5CCN(C6COC6)CC5)cc4)n3)cc2C#N)C1(C)C. The molecular formula is C35H43FN8O4. The van der Waals surface area contributed by atoms with Gasteiger partial charge in [0.1, 0.15) is 24.3 Å². The number of hydrogen-bond donors (Lipinski definition) is 2. The van der Waals surface area contributed by atoms with Crippen LogP contribution in [0.1, 0.15) is 40.2 Å². The molecule has 2 aromatic carbocycles. The monoisotopic (exact) mass is 658 g/mol. The van der Waals surface area contributed by atoms with E-state index in [1.165, 1.54) is 11.2 Å². The fourth-order valence-corrected chi connectivity index (χ4v) is 7.57. The van der Waals surface area contributed by atoms with Crippen LogP contribution in [-0.2, 0) is 4.74 Å². The Bertz CT molecular complexity index is 1660. The Morgan fingerprint density at radius 3 is 2.42 bits per heavy atom. The largest absolute Gasteiger partial charge is 0.485 e. The van der Waals surface area contributed by atoms with Crippen molar-refractivity contribution >= 4 is 23.4 Å². The number of piperidine rings is 1. The average Bonchev–Trinajstić information content (AvgIpc) is 3.02. The third-order valence-electron chi connectivity index (χ3n) is 9.64. The van der Waals surface area contributed by atoms with Crippen LogP contribution < -0.4 is 15.0 Å². The summed E-state index contributed by atoms with van der Waals surface area (Å²) in [6, 6.07) is 15.3. The number of nitrogens with zero attached hydrogens (tertiary/aromatic N) is 7. The van der Waals surface area contributed by atoms with Crippen LogP contribution in [0.15, 0.2) is 48.8 Å². The van der Waals surface area contributed by atoms with Crippen LogP contribution in [0.2, 0.25) is 0 Å². The smallest absolute Gasteiger partial charge is 0.407 e. The molecule has 3 fully saturated rings. The highest BCUT2D eigenvalue weighted by molar-refractivity contribution is 5.66. The number of aromatic nitrogens is 3. The molecule has 1 aromatic heterocycles. The molecule has 3 aliphatic rings. The highest BCUT2D eigenvalue weighted by Crippen LogP contribution is 2.46. The van der Waals surface area contributed by atoms with Gasteiger partial charge in [-0.15, -0.1) is 0 Å². The standard InChI is InChI=1S/C35H43FN8O4/c1-34(2,3)31-35(4,5)29(27(36)18-44(31)33(45)46)48-28-11-6-22(16-23(28)17-37)30-38-21-39-32(41-30)40-24-7-9-25(10-8-24)42-12-14-43(15-13-42)26-19-47-20-26/h6-11,16,21,26-27,29,31H,12-15,18-20H2,1-5H3,(H,45,46)(H,38,39,40,41)/t27-,29-,31?/m1/s1. The van der Waals surface area contributed by atoms with Crippen LogP contribution >= 0.6 is 0 Å². The maximum Gasteiger partial charge on any atom is 0.407 e. The number of carboxylic acid groups (broad SMARTS) is 1. The summed E-state index contributed by atoms with van der Waals surface area (Å²) in [5, 5.41) is 23.1. The van der Waals surface area contributed by atoms with E-state index in [0.29, 0.717) is 23.4 Å². The zero-order chi connectivity index (χ0) is 34.2. The number of nitrogens with one attached hydrogen (secondary N) is 1. The first-order valence-corrected chi connectivity index (χ1v) is 16.3. The molecule has 0 aliphatic carbocycles. The van der Waals surface area contributed by atoms with Crippen molar-refractivity contribution in [3.05, 3.63) is 54.4 Å². The molecule has 254 valence electrons. The highest BCUT2D eigenvalue weighted by Gasteiger charge is 2.56. The Balaban J connectivity index is 1.14. The number of rotatable bonds is 7. The van der Waals surface area contributed by atoms with Gasteiger partial charge in [0.2, 0.25) is 5.95 Å². The summed E-state index contributed by atoms with van der Waals surface area (Å²) >= 11 is 0. The van der Waals surface area contributed by atoms with Crippen molar-refractivity contribution in [2.45, 2.75) is 59.0 Å². The molecule has 2 N–H and O–H groups in total. The molecule has 6 rings (SSSR count). The average molecular weight is 659 g/mol. The molecule has 3 saturated heterocycles. The van der Waals surface area contributed by atoms with E-state index < -0.39 is 35.2 Å². The van der Waals surface area contributed by atoms with E-state index in [0.717, 1.165) is 50.8 Å². The number of hydrogen-bond acceptors (Lipinski definition) is 10. The Hall–Kier alpha value is -4.54. The van der Waals surface area contributed by atoms with Gasteiger partial charge in [-0.25, -0.2) is 19.2 Å².